The van der Waals surface area contributed by atoms with Gasteiger partial charge < -0.3 is 14.2 Å². The van der Waals surface area contributed by atoms with Crippen LogP contribution in [0.5, 0.6) is 0 Å². The van der Waals surface area contributed by atoms with Crippen molar-refractivity contribution < 1.29 is 28.6 Å². The Kier molecular flexibility index (Phi) is 53.9. The Morgan fingerprint density at radius 2 is 0.500 bits per heavy atom. The molecule has 0 saturated carbocycles. The maximum Gasteiger partial charge on any atom is 0.306 e. The van der Waals surface area contributed by atoms with Gasteiger partial charge in [0.2, 0.25) is 0 Å². The molecule has 0 radical (unpaired) electrons. The maximum atomic E-state index is 12.9. The number of rotatable bonds is 57. The summed E-state index contributed by atoms with van der Waals surface area (Å²) >= 11 is 0. The highest BCUT2D eigenvalue weighted by molar-refractivity contribution is 5.71. The summed E-state index contributed by atoms with van der Waals surface area (Å²) in [7, 11) is 0. The van der Waals surface area contributed by atoms with Crippen molar-refractivity contribution in [1.29, 1.82) is 0 Å². The molecule has 0 aromatic carbocycles. The molecule has 6 nitrogen and oxygen atoms in total. The van der Waals surface area contributed by atoms with Gasteiger partial charge in [0.25, 0.3) is 0 Å². The Hall–Kier alpha value is -1.59. The molecule has 3 atom stereocenters. The van der Waals surface area contributed by atoms with E-state index >= 15 is 0 Å². The van der Waals surface area contributed by atoms with Crippen LogP contribution in [0.2, 0.25) is 0 Å². The van der Waals surface area contributed by atoms with E-state index in [2.05, 4.69) is 41.5 Å². The van der Waals surface area contributed by atoms with Crippen LogP contribution in [0.4, 0.5) is 0 Å². The first kappa shape index (κ1) is 68.4. The van der Waals surface area contributed by atoms with Gasteiger partial charge in [0, 0.05) is 19.3 Å². The number of ether oxygens (including phenoxy) is 3. The molecule has 0 aliphatic carbocycles. The van der Waals surface area contributed by atoms with Gasteiger partial charge >= 0.3 is 17.9 Å². The molecule has 0 bridgehead atoms. The van der Waals surface area contributed by atoms with Gasteiger partial charge in [-0.3, -0.25) is 14.4 Å². The Balaban J connectivity index is 4.25. The molecular weight excluding hydrogens is 865 g/mol. The summed E-state index contributed by atoms with van der Waals surface area (Å²) in [6, 6.07) is 0. The lowest BCUT2D eigenvalue weighted by molar-refractivity contribution is -0.167. The zero-order chi connectivity index (χ0) is 51.2. The molecule has 0 aliphatic heterocycles. The molecule has 0 rings (SSSR count). The standard InChI is InChI=1S/C64H124O6/c1-7-59(5)51-45-39-33-27-21-17-13-11-9-10-12-14-20-24-30-37-43-49-55-64(67)70-61(57-69-63(66)54-48-42-36-31-25-26-32-38-44-50-58(3)4)56-68-62(65)53-47-41-35-29-23-19-16-15-18-22-28-34-40-46-52-60(6)8-2/h58-61H,7-57H2,1-6H3/t59?,60?,61-/m1/s1. The lowest BCUT2D eigenvalue weighted by atomic mass is 9.99. The highest BCUT2D eigenvalue weighted by Crippen LogP contribution is 2.20. The van der Waals surface area contributed by atoms with E-state index in [1.165, 1.54) is 238 Å². The highest BCUT2D eigenvalue weighted by atomic mass is 16.6. The fraction of sp³-hybridized carbons (Fsp3) is 0.953. The van der Waals surface area contributed by atoms with E-state index in [1.807, 2.05) is 0 Å². The third-order valence-corrected chi connectivity index (χ3v) is 15.4. The quantitative estimate of drug-likeness (QED) is 0.0343. The molecular formula is C64H124O6. The first-order valence-corrected chi connectivity index (χ1v) is 31.7. The van der Waals surface area contributed by atoms with Gasteiger partial charge in [-0.1, -0.05) is 318 Å². The van der Waals surface area contributed by atoms with E-state index in [4.69, 9.17) is 14.2 Å². The molecule has 0 saturated heterocycles. The largest absolute Gasteiger partial charge is 0.462 e. The molecule has 0 heterocycles. The molecule has 2 unspecified atom stereocenters. The minimum Gasteiger partial charge on any atom is -0.462 e. The van der Waals surface area contributed by atoms with Gasteiger partial charge in [-0.2, -0.15) is 0 Å². The van der Waals surface area contributed by atoms with Gasteiger partial charge in [0.15, 0.2) is 6.10 Å². The van der Waals surface area contributed by atoms with Crippen molar-refractivity contribution in [3.8, 4) is 0 Å². The van der Waals surface area contributed by atoms with E-state index in [-0.39, 0.29) is 31.1 Å². The van der Waals surface area contributed by atoms with Crippen molar-refractivity contribution in [3.63, 3.8) is 0 Å². The zero-order valence-corrected chi connectivity index (χ0v) is 48.3. The molecule has 0 N–H and O–H groups in total. The van der Waals surface area contributed by atoms with E-state index in [0.717, 1.165) is 75.5 Å². The number of hydrogen-bond acceptors (Lipinski definition) is 6. The summed E-state index contributed by atoms with van der Waals surface area (Å²) in [6.45, 7) is 13.8. The van der Waals surface area contributed by atoms with Crippen molar-refractivity contribution in [2.75, 3.05) is 13.2 Å². The summed E-state index contributed by atoms with van der Waals surface area (Å²) in [6.07, 6.45) is 59.5. The number of esters is 3. The molecule has 0 aliphatic rings. The minimum atomic E-state index is -0.764. The van der Waals surface area contributed by atoms with Gasteiger partial charge in [0.05, 0.1) is 0 Å². The Morgan fingerprint density at radius 3 is 0.743 bits per heavy atom. The Morgan fingerprint density at radius 1 is 0.286 bits per heavy atom. The SMILES string of the molecule is CCC(C)CCCCCCCCCCCCCCCCCCCCC(=O)O[C@H](COC(=O)CCCCCCCCCCCCCCCCC(C)CC)COC(=O)CCCCCCCCCCCC(C)C. The van der Waals surface area contributed by atoms with Crippen molar-refractivity contribution in [2.45, 2.75) is 362 Å². The molecule has 416 valence electrons. The van der Waals surface area contributed by atoms with E-state index in [9.17, 15) is 14.4 Å². The van der Waals surface area contributed by atoms with Crippen LogP contribution >= 0.6 is 0 Å². The third-order valence-electron chi connectivity index (χ3n) is 15.4. The van der Waals surface area contributed by atoms with Gasteiger partial charge in [-0.25, -0.2) is 0 Å². The predicted octanol–water partition coefficient (Wildman–Crippen LogP) is 21.1. The predicted molar refractivity (Wildman–Crippen MR) is 303 cm³/mol. The summed E-state index contributed by atoms with van der Waals surface area (Å²) < 4.78 is 16.9. The van der Waals surface area contributed by atoms with Crippen molar-refractivity contribution >= 4 is 17.9 Å². The first-order chi connectivity index (χ1) is 34.2. The third kappa shape index (κ3) is 54.2. The molecule has 70 heavy (non-hydrogen) atoms. The van der Waals surface area contributed by atoms with Gasteiger partial charge in [0.1, 0.15) is 13.2 Å². The van der Waals surface area contributed by atoms with Crippen LogP contribution in [-0.4, -0.2) is 37.2 Å². The van der Waals surface area contributed by atoms with Gasteiger partial charge in [-0.05, 0) is 37.0 Å². The first-order valence-electron chi connectivity index (χ1n) is 31.7. The minimum absolute atomic E-state index is 0.0631. The molecule has 0 fully saturated rings. The summed E-state index contributed by atoms with van der Waals surface area (Å²) in [5, 5.41) is 0. The second kappa shape index (κ2) is 55.2. The average molecular weight is 990 g/mol. The van der Waals surface area contributed by atoms with Crippen LogP contribution in [0, 0.1) is 17.8 Å². The van der Waals surface area contributed by atoms with E-state index < -0.39 is 6.10 Å². The Bertz CT molecular complexity index is 1090. The van der Waals surface area contributed by atoms with Crippen molar-refractivity contribution in [3.05, 3.63) is 0 Å². The monoisotopic (exact) mass is 989 g/mol. The summed E-state index contributed by atoms with van der Waals surface area (Å²) in [5.74, 6) is 1.77. The van der Waals surface area contributed by atoms with Crippen LogP contribution in [0.25, 0.3) is 0 Å². The second-order valence-electron chi connectivity index (χ2n) is 23.0. The summed E-state index contributed by atoms with van der Waals surface area (Å²) in [4.78, 5) is 38.2. The Labute approximate surface area is 438 Å². The molecule has 0 aromatic rings. The van der Waals surface area contributed by atoms with Crippen LogP contribution < -0.4 is 0 Å². The van der Waals surface area contributed by atoms with Crippen LogP contribution in [0.3, 0.4) is 0 Å². The fourth-order valence-corrected chi connectivity index (χ4v) is 9.82. The molecule has 0 aromatic heterocycles. The van der Waals surface area contributed by atoms with E-state index in [0.29, 0.717) is 19.3 Å². The average Bonchev–Trinajstić information content (AvgIpc) is 3.35. The zero-order valence-electron chi connectivity index (χ0n) is 48.3. The van der Waals surface area contributed by atoms with E-state index in [1.54, 1.807) is 0 Å². The molecule has 6 heteroatoms. The second-order valence-corrected chi connectivity index (χ2v) is 23.0. The van der Waals surface area contributed by atoms with Crippen LogP contribution in [0.15, 0.2) is 0 Å². The fourth-order valence-electron chi connectivity index (χ4n) is 9.82. The maximum absolute atomic E-state index is 12.9. The number of unbranched alkanes of at least 4 members (excludes halogenated alkanes) is 38. The highest BCUT2D eigenvalue weighted by Gasteiger charge is 2.19. The van der Waals surface area contributed by atoms with Crippen LogP contribution in [0.1, 0.15) is 356 Å². The van der Waals surface area contributed by atoms with Crippen LogP contribution in [-0.2, 0) is 28.6 Å². The summed E-state index contributed by atoms with van der Waals surface area (Å²) in [5.41, 5.74) is 0. The lowest BCUT2D eigenvalue weighted by Crippen LogP contribution is -2.30. The number of hydrogen-bond donors (Lipinski definition) is 0. The number of carbonyl (C=O) groups is 3. The lowest BCUT2D eigenvalue weighted by Gasteiger charge is -2.18. The van der Waals surface area contributed by atoms with Crippen molar-refractivity contribution in [2.24, 2.45) is 17.8 Å². The smallest absolute Gasteiger partial charge is 0.306 e. The topological polar surface area (TPSA) is 78.9 Å². The normalized spacial score (nSPS) is 12.9. The molecule has 0 amide bonds. The van der Waals surface area contributed by atoms with Crippen molar-refractivity contribution in [1.82, 2.24) is 0 Å². The number of carbonyl (C=O) groups excluding carboxylic acids is 3. The molecule has 0 spiro atoms. The van der Waals surface area contributed by atoms with Gasteiger partial charge in [-0.15, -0.1) is 0 Å².